The van der Waals surface area contributed by atoms with Gasteiger partial charge in [-0.15, -0.1) is 11.8 Å². The second-order valence-electron chi connectivity index (χ2n) is 3.51. The number of anilines is 1. The molecule has 4 nitrogen and oxygen atoms in total. The summed E-state index contributed by atoms with van der Waals surface area (Å²) in [5, 5.41) is 2.61. The molecule has 0 atom stereocenters. The summed E-state index contributed by atoms with van der Waals surface area (Å²) in [5.41, 5.74) is 0. The quantitative estimate of drug-likeness (QED) is 0.817. The summed E-state index contributed by atoms with van der Waals surface area (Å²) in [6.45, 7) is 0. The number of benzene rings is 1. The zero-order valence-corrected chi connectivity index (χ0v) is 10.3. The Morgan fingerprint density at radius 3 is 3.00 bits per heavy atom. The molecule has 2 N–H and O–H groups in total. The van der Waals surface area contributed by atoms with Crippen molar-refractivity contribution < 1.29 is 9.18 Å². The van der Waals surface area contributed by atoms with Crippen molar-refractivity contribution in [3.63, 3.8) is 0 Å². The summed E-state index contributed by atoms with van der Waals surface area (Å²) in [6, 6.07) is 6.52. The SMILES string of the molecule is O=C(CCSc1ccccc1F)Nc1ncc[nH]1. The van der Waals surface area contributed by atoms with Crippen LogP contribution in [0.25, 0.3) is 0 Å². The van der Waals surface area contributed by atoms with Crippen molar-refractivity contribution in [2.75, 3.05) is 11.1 Å². The van der Waals surface area contributed by atoms with Crippen LogP contribution in [0.2, 0.25) is 0 Å². The molecule has 94 valence electrons. The zero-order chi connectivity index (χ0) is 12.8. The molecule has 0 fully saturated rings. The van der Waals surface area contributed by atoms with E-state index >= 15 is 0 Å². The lowest BCUT2D eigenvalue weighted by Crippen LogP contribution is -2.13. The predicted octanol–water partition coefficient (Wildman–Crippen LogP) is 2.67. The average molecular weight is 265 g/mol. The summed E-state index contributed by atoms with van der Waals surface area (Å²) in [5.74, 6) is 0.548. The van der Waals surface area contributed by atoms with Crippen molar-refractivity contribution in [1.82, 2.24) is 9.97 Å². The van der Waals surface area contributed by atoms with Gasteiger partial charge in [-0.25, -0.2) is 9.37 Å². The Bertz CT molecular complexity index is 516. The second-order valence-corrected chi connectivity index (χ2v) is 4.65. The van der Waals surface area contributed by atoms with Crippen LogP contribution in [0.5, 0.6) is 0 Å². The van der Waals surface area contributed by atoms with E-state index in [2.05, 4.69) is 15.3 Å². The molecule has 0 bridgehead atoms. The highest BCUT2D eigenvalue weighted by molar-refractivity contribution is 7.99. The van der Waals surface area contributed by atoms with Gasteiger partial charge in [-0.3, -0.25) is 10.1 Å². The largest absolute Gasteiger partial charge is 0.331 e. The maximum atomic E-state index is 13.3. The first kappa shape index (κ1) is 12.6. The number of hydrogen-bond donors (Lipinski definition) is 2. The Labute approximate surface area is 108 Å². The van der Waals surface area contributed by atoms with E-state index in [-0.39, 0.29) is 11.7 Å². The first-order valence-corrected chi connectivity index (χ1v) is 6.41. The number of nitrogens with zero attached hydrogens (tertiary/aromatic N) is 1. The Morgan fingerprint density at radius 2 is 2.28 bits per heavy atom. The molecule has 0 unspecified atom stereocenters. The Hall–Kier alpha value is -1.82. The van der Waals surface area contributed by atoms with Crippen molar-refractivity contribution in [3.05, 3.63) is 42.5 Å². The maximum absolute atomic E-state index is 13.3. The Morgan fingerprint density at radius 1 is 1.44 bits per heavy atom. The van der Waals surface area contributed by atoms with E-state index in [4.69, 9.17) is 0 Å². The number of amides is 1. The molecule has 2 rings (SSSR count). The van der Waals surface area contributed by atoms with Crippen LogP contribution < -0.4 is 5.32 Å². The fraction of sp³-hybridized carbons (Fsp3) is 0.167. The van der Waals surface area contributed by atoms with Crippen LogP contribution in [0, 0.1) is 5.82 Å². The number of carbonyl (C=O) groups is 1. The topological polar surface area (TPSA) is 57.8 Å². The monoisotopic (exact) mass is 265 g/mol. The highest BCUT2D eigenvalue weighted by Crippen LogP contribution is 2.21. The summed E-state index contributed by atoms with van der Waals surface area (Å²) in [4.78, 5) is 18.7. The minimum atomic E-state index is -0.256. The smallest absolute Gasteiger partial charge is 0.227 e. The first-order chi connectivity index (χ1) is 8.75. The number of carbonyl (C=O) groups excluding carboxylic acids is 1. The molecule has 2 aromatic rings. The molecular weight excluding hydrogens is 253 g/mol. The van der Waals surface area contributed by atoms with Gasteiger partial charge in [0, 0.05) is 29.5 Å². The molecule has 0 saturated carbocycles. The molecule has 1 amide bonds. The van der Waals surface area contributed by atoms with Crippen LogP contribution in [0.15, 0.2) is 41.6 Å². The first-order valence-electron chi connectivity index (χ1n) is 5.42. The van der Waals surface area contributed by atoms with Gasteiger partial charge in [0.25, 0.3) is 0 Å². The summed E-state index contributed by atoms with van der Waals surface area (Å²) >= 11 is 1.32. The molecule has 6 heteroatoms. The van der Waals surface area contributed by atoms with Crippen LogP contribution in [0.4, 0.5) is 10.3 Å². The molecule has 0 aliphatic carbocycles. The molecule has 0 aliphatic rings. The van der Waals surface area contributed by atoms with Gasteiger partial charge < -0.3 is 4.98 Å². The van der Waals surface area contributed by atoms with E-state index in [0.717, 1.165) is 0 Å². The van der Waals surface area contributed by atoms with Crippen LogP contribution >= 0.6 is 11.8 Å². The molecular formula is C12H12FN3OS. The second kappa shape index (κ2) is 6.20. The third-order valence-electron chi connectivity index (χ3n) is 2.18. The maximum Gasteiger partial charge on any atom is 0.227 e. The van der Waals surface area contributed by atoms with Gasteiger partial charge in [-0.1, -0.05) is 12.1 Å². The lowest BCUT2D eigenvalue weighted by molar-refractivity contribution is -0.115. The van der Waals surface area contributed by atoms with Crippen molar-refractivity contribution in [2.24, 2.45) is 0 Å². The minimum Gasteiger partial charge on any atom is -0.331 e. The number of nitrogens with one attached hydrogen (secondary N) is 2. The van der Waals surface area contributed by atoms with E-state index < -0.39 is 0 Å². The molecule has 18 heavy (non-hydrogen) atoms. The fourth-order valence-electron chi connectivity index (χ4n) is 1.34. The number of H-pyrrole nitrogens is 1. The van der Waals surface area contributed by atoms with Gasteiger partial charge in [-0.2, -0.15) is 0 Å². The predicted molar refractivity (Wildman–Crippen MR) is 69.0 cm³/mol. The van der Waals surface area contributed by atoms with Crippen LogP contribution in [-0.2, 0) is 4.79 Å². The van der Waals surface area contributed by atoms with Gasteiger partial charge in [-0.05, 0) is 12.1 Å². The number of aromatic amines is 1. The molecule has 0 saturated heterocycles. The highest BCUT2D eigenvalue weighted by Gasteiger charge is 2.06. The minimum absolute atomic E-state index is 0.145. The standard InChI is InChI=1S/C12H12FN3OS/c13-9-3-1-2-4-10(9)18-8-5-11(17)16-12-14-6-7-15-12/h1-4,6-7H,5,8H2,(H2,14,15,16,17). The molecule has 0 aliphatic heterocycles. The van der Waals surface area contributed by atoms with E-state index in [9.17, 15) is 9.18 Å². The van der Waals surface area contributed by atoms with Crippen molar-refractivity contribution in [1.29, 1.82) is 0 Å². The summed E-state index contributed by atoms with van der Waals surface area (Å²) in [7, 11) is 0. The number of thioether (sulfide) groups is 1. The van der Waals surface area contributed by atoms with E-state index in [1.54, 1.807) is 30.6 Å². The van der Waals surface area contributed by atoms with E-state index in [1.807, 2.05) is 0 Å². The number of imidazole rings is 1. The zero-order valence-electron chi connectivity index (χ0n) is 9.52. The van der Waals surface area contributed by atoms with Gasteiger partial charge in [0.05, 0.1) is 0 Å². The Balaban J connectivity index is 1.75. The van der Waals surface area contributed by atoms with Crippen LogP contribution in [0.3, 0.4) is 0 Å². The van der Waals surface area contributed by atoms with E-state index in [1.165, 1.54) is 17.8 Å². The third-order valence-corrected chi connectivity index (χ3v) is 3.23. The Kier molecular flexibility index (Phi) is 4.35. The lowest BCUT2D eigenvalue weighted by Gasteiger charge is -2.03. The number of rotatable bonds is 5. The normalized spacial score (nSPS) is 10.3. The van der Waals surface area contributed by atoms with Gasteiger partial charge >= 0.3 is 0 Å². The molecule has 1 aromatic heterocycles. The van der Waals surface area contributed by atoms with Crippen molar-refractivity contribution >= 4 is 23.6 Å². The molecule has 1 heterocycles. The lowest BCUT2D eigenvalue weighted by atomic mass is 10.3. The van der Waals surface area contributed by atoms with Crippen molar-refractivity contribution in [2.45, 2.75) is 11.3 Å². The van der Waals surface area contributed by atoms with Gasteiger partial charge in [0.2, 0.25) is 11.9 Å². The number of halogens is 1. The van der Waals surface area contributed by atoms with Crippen LogP contribution in [0.1, 0.15) is 6.42 Å². The number of aromatic nitrogens is 2. The van der Waals surface area contributed by atoms with E-state index in [0.29, 0.717) is 23.0 Å². The molecule has 0 radical (unpaired) electrons. The highest BCUT2D eigenvalue weighted by atomic mass is 32.2. The van der Waals surface area contributed by atoms with Crippen molar-refractivity contribution in [3.8, 4) is 0 Å². The number of hydrogen-bond acceptors (Lipinski definition) is 3. The fourth-order valence-corrected chi connectivity index (χ4v) is 2.23. The molecule has 1 aromatic carbocycles. The summed E-state index contributed by atoms with van der Waals surface area (Å²) < 4.78 is 13.3. The average Bonchev–Trinajstić information content (AvgIpc) is 2.84. The third kappa shape index (κ3) is 3.59. The summed E-state index contributed by atoms with van der Waals surface area (Å²) in [6.07, 6.45) is 3.49. The van der Waals surface area contributed by atoms with Gasteiger partial charge in [0.1, 0.15) is 5.82 Å². The molecule has 0 spiro atoms. The van der Waals surface area contributed by atoms with Gasteiger partial charge in [0.15, 0.2) is 0 Å². The van der Waals surface area contributed by atoms with Crippen LogP contribution in [-0.4, -0.2) is 21.6 Å².